The smallest absolute Gasteiger partial charge is 0.233 e. The van der Waals surface area contributed by atoms with Gasteiger partial charge in [-0.25, -0.2) is 8.42 Å². The molecular formula is C10H16N2O2S. The Morgan fingerprint density at radius 2 is 2.13 bits per heavy atom. The summed E-state index contributed by atoms with van der Waals surface area (Å²) in [5.74, 6) is -0.0522. The van der Waals surface area contributed by atoms with Gasteiger partial charge in [0.2, 0.25) is 10.0 Å². The van der Waals surface area contributed by atoms with Crippen molar-refractivity contribution < 1.29 is 8.42 Å². The molecule has 0 fully saturated rings. The van der Waals surface area contributed by atoms with E-state index < -0.39 is 10.0 Å². The highest BCUT2D eigenvalue weighted by Gasteiger charge is 2.08. The average molecular weight is 228 g/mol. The van der Waals surface area contributed by atoms with E-state index in [0.29, 0.717) is 5.69 Å². The predicted octanol–water partition coefficient (Wildman–Crippen LogP) is 0.949. The van der Waals surface area contributed by atoms with E-state index in [1.165, 1.54) is 0 Å². The third-order valence-corrected chi connectivity index (χ3v) is 3.32. The van der Waals surface area contributed by atoms with Gasteiger partial charge in [0.15, 0.2) is 0 Å². The van der Waals surface area contributed by atoms with Crippen molar-refractivity contribution in [2.75, 3.05) is 17.0 Å². The minimum Gasteiger partial charge on any atom is -0.329 e. The summed E-state index contributed by atoms with van der Waals surface area (Å²) in [5.41, 5.74) is 6.90. The lowest BCUT2D eigenvalue weighted by Gasteiger charge is -2.07. The average Bonchev–Trinajstić information content (AvgIpc) is 2.17. The minimum atomic E-state index is -3.28. The van der Waals surface area contributed by atoms with Gasteiger partial charge in [0, 0.05) is 12.2 Å². The first-order valence-electron chi connectivity index (χ1n) is 4.87. The van der Waals surface area contributed by atoms with Crippen LogP contribution < -0.4 is 10.5 Å². The predicted molar refractivity (Wildman–Crippen MR) is 62.3 cm³/mol. The highest BCUT2D eigenvalue weighted by molar-refractivity contribution is 7.92. The second kappa shape index (κ2) is 5.14. The van der Waals surface area contributed by atoms with E-state index in [-0.39, 0.29) is 12.3 Å². The summed E-state index contributed by atoms with van der Waals surface area (Å²) in [7, 11) is -3.28. The lowest BCUT2D eigenvalue weighted by Crippen LogP contribution is -2.22. The van der Waals surface area contributed by atoms with Crippen LogP contribution in [0.2, 0.25) is 0 Å². The normalized spacial score (nSPS) is 11.3. The van der Waals surface area contributed by atoms with Gasteiger partial charge in [-0.3, -0.25) is 4.72 Å². The summed E-state index contributed by atoms with van der Waals surface area (Å²) in [4.78, 5) is 0. The molecule has 0 aliphatic heterocycles. The van der Waals surface area contributed by atoms with Crippen LogP contribution in [0.5, 0.6) is 0 Å². The van der Waals surface area contributed by atoms with Gasteiger partial charge in [0.25, 0.3) is 0 Å². The molecule has 1 aromatic carbocycles. The summed E-state index contributed by atoms with van der Waals surface area (Å²) in [5, 5.41) is 0. The van der Waals surface area contributed by atoms with Crippen molar-refractivity contribution >= 4 is 15.7 Å². The van der Waals surface area contributed by atoms with Crippen LogP contribution in [0.25, 0.3) is 0 Å². The fraction of sp³-hybridized carbons (Fsp3) is 0.400. The number of rotatable bonds is 5. The van der Waals surface area contributed by atoms with E-state index in [4.69, 9.17) is 5.73 Å². The molecule has 1 aromatic rings. The van der Waals surface area contributed by atoms with Crippen LogP contribution in [0.4, 0.5) is 5.69 Å². The Morgan fingerprint density at radius 1 is 1.40 bits per heavy atom. The molecular weight excluding hydrogens is 212 g/mol. The van der Waals surface area contributed by atoms with Gasteiger partial charge in [0.05, 0.1) is 5.75 Å². The molecule has 0 spiro atoms. The summed E-state index contributed by atoms with van der Waals surface area (Å²) in [6, 6.07) is 7.35. The molecule has 0 bridgehead atoms. The van der Waals surface area contributed by atoms with Crippen LogP contribution in [-0.4, -0.2) is 20.7 Å². The molecule has 0 radical (unpaired) electrons. The number of nitrogens with one attached hydrogen (secondary N) is 1. The van der Waals surface area contributed by atoms with Crippen LogP contribution in [0, 0.1) is 0 Å². The summed E-state index contributed by atoms with van der Waals surface area (Å²) in [6.45, 7) is 2.15. The highest BCUT2D eigenvalue weighted by atomic mass is 32.2. The fourth-order valence-corrected chi connectivity index (χ4v) is 2.14. The molecule has 3 N–H and O–H groups in total. The molecule has 4 nitrogen and oxygen atoms in total. The van der Waals surface area contributed by atoms with Crippen LogP contribution in [0.15, 0.2) is 24.3 Å². The SMILES string of the molecule is CCc1cccc(NS(=O)(=O)CCN)c1. The van der Waals surface area contributed by atoms with Crippen LogP contribution >= 0.6 is 0 Å². The Kier molecular flexibility index (Phi) is 4.11. The molecule has 0 amide bonds. The van der Waals surface area contributed by atoms with E-state index in [1.807, 2.05) is 25.1 Å². The molecule has 5 heteroatoms. The largest absolute Gasteiger partial charge is 0.329 e. The zero-order valence-corrected chi connectivity index (χ0v) is 9.55. The standard InChI is InChI=1S/C10H16N2O2S/c1-2-9-4-3-5-10(8-9)12-15(13,14)7-6-11/h3-5,8,12H,2,6-7,11H2,1H3. The maximum Gasteiger partial charge on any atom is 0.233 e. The van der Waals surface area contributed by atoms with Crippen molar-refractivity contribution in [1.82, 2.24) is 0 Å². The van der Waals surface area contributed by atoms with Gasteiger partial charge in [-0.15, -0.1) is 0 Å². The van der Waals surface area contributed by atoms with Crippen molar-refractivity contribution in [3.8, 4) is 0 Å². The van der Waals surface area contributed by atoms with Gasteiger partial charge in [0.1, 0.15) is 0 Å². The molecule has 0 aliphatic rings. The van der Waals surface area contributed by atoms with Gasteiger partial charge < -0.3 is 5.73 Å². The van der Waals surface area contributed by atoms with E-state index >= 15 is 0 Å². The summed E-state index contributed by atoms with van der Waals surface area (Å²) >= 11 is 0. The quantitative estimate of drug-likeness (QED) is 0.788. The molecule has 0 heterocycles. The zero-order valence-electron chi connectivity index (χ0n) is 8.73. The first kappa shape index (κ1) is 12.0. The lowest BCUT2D eigenvalue weighted by molar-refractivity contribution is 0.601. The Hall–Kier alpha value is -1.07. The van der Waals surface area contributed by atoms with Gasteiger partial charge >= 0.3 is 0 Å². The molecule has 0 aliphatic carbocycles. The molecule has 15 heavy (non-hydrogen) atoms. The molecule has 0 unspecified atom stereocenters. The Morgan fingerprint density at radius 3 is 2.73 bits per heavy atom. The van der Waals surface area contributed by atoms with E-state index in [1.54, 1.807) is 6.07 Å². The molecule has 0 saturated heterocycles. The first-order chi connectivity index (χ1) is 7.07. The Labute approximate surface area is 90.5 Å². The molecule has 0 saturated carbocycles. The number of aryl methyl sites for hydroxylation is 1. The minimum absolute atomic E-state index is 0.0522. The molecule has 0 atom stereocenters. The second-order valence-electron chi connectivity index (χ2n) is 3.26. The number of benzene rings is 1. The van der Waals surface area contributed by atoms with Crippen LogP contribution in [0.3, 0.4) is 0 Å². The van der Waals surface area contributed by atoms with E-state index in [0.717, 1.165) is 12.0 Å². The second-order valence-corrected chi connectivity index (χ2v) is 5.11. The first-order valence-corrected chi connectivity index (χ1v) is 6.52. The molecule has 1 rings (SSSR count). The number of anilines is 1. The van der Waals surface area contributed by atoms with Gasteiger partial charge in [-0.2, -0.15) is 0 Å². The fourth-order valence-electron chi connectivity index (χ4n) is 1.24. The van der Waals surface area contributed by atoms with Gasteiger partial charge in [-0.05, 0) is 24.1 Å². The third-order valence-electron chi connectivity index (χ3n) is 2.00. The van der Waals surface area contributed by atoms with E-state index in [2.05, 4.69) is 4.72 Å². The Balaban J connectivity index is 2.80. The van der Waals surface area contributed by atoms with Crippen LogP contribution in [-0.2, 0) is 16.4 Å². The monoisotopic (exact) mass is 228 g/mol. The maximum atomic E-state index is 11.4. The van der Waals surface area contributed by atoms with Crippen LogP contribution in [0.1, 0.15) is 12.5 Å². The maximum absolute atomic E-state index is 11.4. The summed E-state index contributed by atoms with van der Waals surface area (Å²) in [6.07, 6.45) is 0.881. The van der Waals surface area contributed by atoms with Crippen molar-refractivity contribution in [2.45, 2.75) is 13.3 Å². The van der Waals surface area contributed by atoms with Crippen molar-refractivity contribution in [3.63, 3.8) is 0 Å². The molecule has 0 aromatic heterocycles. The lowest BCUT2D eigenvalue weighted by atomic mass is 10.1. The van der Waals surface area contributed by atoms with Crippen molar-refractivity contribution in [3.05, 3.63) is 29.8 Å². The van der Waals surface area contributed by atoms with Crippen molar-refractivity contribution in [2.24, 2.45) is 5.73 Å². The zero-order chi connectivity index (χ0) is 11.3. The topological polar surface area (TPSA) is 72.2 Å². The third kappa shape index (κ3) is 3.89. The highest BCUT2D eigenvalue weighted by Crippen LogP contribution is 2.12. The van der Waals surface area contributed by atoms with Crippen molar-refractivity contribution in [1.29, 1.82) is 0 Å². The Bertz CT molecular complexity index is 415. The summed E-state index contributed by atoms with van der Waals surface area (Å²) < 4.78 is 25.3. The van der Waals surface area contributed by atoms with E-state index in [9.17, 15) is 8.42 Å². The number of nitrogens with two attached hydrogens (primary N) is 1. The number of hydrogen-bond donors (Lipinski definition) is 2. The molecule has 84 valence electrons. The van der Waals surface area contributed by atoms with Gasteiger partial charge in [-0.1, -0.05) is 19.1 Å². The number of hydrogen-bond acceptors (Lipinski definition) is 3. The number of sulfonamides is 1.